The first-order valence-electron chi connectivity index (χ1n) is 11.0. The number of aliphatic imine (C=N–C) groups is 1. The van der Waals surface area contributed by atoms with E-state index < -0.39 is 21.4 Å². The van der Waals surface area contributed by atoms with E-state index in [1.807, 2.05) is 0 Å². The van der Waals surface area contributed by atoms with Gasteiger partial charge in [0.1, 0.15) is 12.4 Å². The molecule has 0 saturated carbocycles. The van der Waals surface area contributed by atoms with Gasteiger partial charge in [0.15, 0.2) is 16.7 Å². The topological polar surface area (TPSA) is 106 Å². The first-order valence-corrected chi connectivity index (χ1v) is 13.3. The van der Waals surface area contributed by atoms with Crippen LogP contribution in [0.1, 0.15) is 11.1 Å². The van der Waals surface area contributed by atoms with Gasteiger partial charge >= 0.3 is 15.5 Å². The highest BCUT2D eigenvalue weighted by Gasteiger charge is 2.46. The Hall–Kier alpha value is -4.04. The second-order valence-electron chi connectivity index (χ2n) is 7.91. The van der Waals surface area contributed by atoms with Gasteiger partial charge in [0.25, 0.3) is 5.91 Å². The molecule has 0 unspecified atom stereocenters. The van der Waals surface area contributed by atoms with Crippen LogP contribution in [0.4, 0.5) is 28.9 Å². The third-order valence-electron chi connectivity index (χ3n) is 5.10. The first kappa shape index (κ1) is 28.0. The van der Waals surface area contributed by atoms with Crippen molar-refractivity contribution in [2.75, 3.05) is 11.8 Å². The van der Waals surface area contributed by atoms with Crippen molar-refractivity contribution in [3.05, 3.63) is 88.6 Å². The first-order chi connectivity index (χ1) is 18.4. The lowest BCUT2D eigenvalue weighted by atomic mass is 10.2. The summed E-state index contributed by atoms with van der Waals surface area (Å²) in [4.78, 5) is 17.0. The van der Waals surface area contributed by atoms with Gasteiger partial charge < -0.3 is 14.8 Å². The van der Waals surface area contributed by atoms with Gasteiger partial charge in [-0.1, -0.05) is 18.2 Å². The van der Waals surface area contributed by atoms with Gasteiger partial charge in [-0.2, -0.15) is 21.6 Å². The monoisotopic (exact) mass is 581 g/mol. The molecule has 2 N–H and O–H groups in total. The summed E-state index contributed by atoms with van der Waals surface area (Å²) in [7, 11) is -4.07. The fourth-order valence-electron chi connectivity index (χ4n) is 3.20. The molecule has 1 aliphatic rings. The Morgan fingerprint density at radius 3 is 2.36 bits per heavy atom. The maximum absolute atomic E-state index is 13.1. The Kier molecular flexibility index (Phi) is 8.16. The fraction of sp³-hybridized carbons (Fsp3) is 0.120. The predicted molar refractivity (Wildman–Crippen MR) is 140 cm³/mol. The number of sulfonamides is 1. The molecule has 0 atom stereocenters. The van der Waals surface area contributed by atoms with Crippen molar-refractivity contribution in [3.8, 4) is 11.5 Å². The number of thioether (sulfide) groups is 1. The lowest BCUT2D eigenvalue weighted by Gasteiger charge is -2.11. The predicted octanol–water partition coefficient (Wildman–Crippen LogP) is 5.57. The highest BCUT2D eigenvalue weighted by atomic mass is 32.2. The zero-order valence-corrected chi connectivity index (χ0v) is 21.6. The van der Waals surface area contributed by atoms with Crippen LogP contribution in [0.25, 0.3) is 6.08 Å². The van der Waals surface area contributed by atoms with E-state index in [1.165, 1.54) is 36.1 Å². The van der Waals surface area contributed by atoms with E-state index in [-0.39, 0.29) is 29.0 Å². The molecule has 0 bridgehead atoms. The summed E-state index contributed by atoms with van der Waals surface area (Å²) in [6.45, 7) is 0.199. The summed E-state index contributed by atoms with van der Waals surface area (Å²) < 4.78 is 85.7. The molecule has 3 aromatic rings. The zero-order valence-electron chi connectivity index (χ0n) is 20.0. The number of nitrogens with zero attached hydrogens (tertiary/aromatic N) is 1. The average molecular weight is 582 g/mol. The molecular weight excluding hydrogens is 562 g/mol. The molecule has 0 aromatic heterocycles. The molecule has 0 aliphatic carbocycles. The van der Waals surface area contributed by atoms with Gasteiger partial charge in [-0.25, -0.2) is 9.38 Å². The van der Waals surface area contributed by atoms with Gasteiger partial charge in [0, 0.05) is 5.69 Å². The van der Waals surface area contributed by atoms with Crippen LogP contribution in [0.5, 0.6) is 11.5 Å². The minimum absolute atomic E-state index is 0.199. The number of ether oxygens (including phenoxy) is 2. The number of amidine groups is 1. The summed E-state index contributed by atoms with van der Waals surface area (Å²) >= 11 is 1.04. The van der Waals surface area contributed by atoms with Crippen molar-refractivity contribution >= 4 is 50.3 Å². The number of methoxy groups -OCH3 is 1. The Labute approximate surface area is 224 Å². The van der Waals surface area contributed by atoms with Crippen LogP contribution in [0.3, 0.4) is 0 Å². The molecule has 39 heavy (non-hydrogen) atoms. The van der Waals surface area contributed by atoms with Gasteiger partial charge in [-0.05, 0) is 77.5 Å². The van der Waals surface area contributed by atoms with Crippen LogP contribution in [-0.4, -0.2) is 32.1 Å². The summed E-state index contributed by atoms with van der Waals surface area (Å²) in [5.41, 5.74) is -4.05. The van der Waals surface area contributed by atoms with E-state index in [1.54, 1.807) is 36.4 Å². The van der Waals surface area contributed by atoms with E-state index in [0.29, 0.717) is 22.0 Å². The minimum Gasteiger partial charge on any atom is -0.493 e. The summed E-state index contributed by atoms with van der Waals surface area (Å²) in [6.07, 6.45) is 1.61. The molecule has 8 nitrogen and oxygen atoms in total. The van der Waals surface area contributed by atoms with E-state index in [2.05, 4.69) is 10.3 Å². The molecule has 1 saturated heterocycles. The summed E-state index contributed by atoms with van der Waals surface area (Å²) in [5, 5.41) is 2.81. The number of carbonyl (C=O) groups is 1. The second-order valence-corrected chi connectivity index (χ2v) is 10.6. The lowest BCUT2D eigenvalue weighted by Crippen LogP contribution is -2.29. The Morgan fingerprint density at radius 2 is 1.72 bits per heavy atom. The SMILES string of the molecule is COc1cc(/C=C2/SC(=Nc3ccc(NS(=O)(=O)C(F)(F)F)cc3)NC2=O)ccc1OCc1ccc(F)cc1. The number of carbonyl (C=O) groups excluding carboxylic acids is 1. The highest BCUT2D eigenvalue weighted by Crippen LogP contribution is 2.33. The molecule has 0 spiro atoms. The number of hydrogen-bond acceptors (Lipinski definition) is 7. The molecule has 4 rings (SSSR count). The van der Waals surface area contributed by atoms with Crippen molar-refractivity contribution < 1.29 is 40.2 Å². The third kappa shape index (κ3) is 7.09. The molecule has 1 heterocycles. The van der Waals surface area contributed by atoms with Crippen LogP contribution in [0.2, 0.25) is 0 Å². The van der Waals surface area contributed by atoms with E-state index in [4.69, 9.17) is 9.47 Å². The van der Waals surface area contributed by atoms with Crippen molar-refractivity contribution in [2.45, 2.75) is 12.1 Å². The van der Waals surface area contributed by atoms with E-state index >= 15 is 0 Å². The quantitative estimate of drug-likeness (QED) is 0.266. The Morgan fingerprint density at radius 1 is 1.03 bits per heavy atom. The number of anilines is 1. The number of hydrogen-bond donors (Lipinski definition) is 2. The standard InChI is InChI=1S/C25H19F4N3O5S2/c1-36-21-12-16(4-11-20(21)37-14-15-2-5-17(26)6-3-15)13-22-23(33)31-24(38-22)30-18-7-9-19(10-8-18)32-39(34,35)25(27,28)29/h2-13,32H,14H2,1H3,(H,30,31,33)/b22-13+. The average Bonchev–Trinajstić information content (AvgIpc) is 3.22. The smallest absolute Gasteiger partial charge is 0.493 e. The Bertz CT molecular complexity index is 1540. The van der Waals surface area contributed by atoms with Crippen molar-refractivity contribution in [1.29, 1.82) is 0 Å². The molecule has 0 radical (unpaired) electrons. The molecule has 204 valence electrons. The minimum atomic E-state index is -5.54. The number of benzene rings is 3. The molecular formula is C25H19F4N3O5S2. The second kappa shape index (κ2) is 11.4. The molecule has 1 fully saturated rings. The van der Waals surface area contributed by atoms with Crippen LogP contribution in [0.15, 0.2) is 76.6 Å². The number of halogens is 4. The molecule has 1 aliphatic heterocycles. The van der Waals surface area contributed by atoms with E-state index in [9.17, 15) is 30.8 Å². The number of nitrogens with one attached hydrogen (secondary N) is 2. The van der Waals surface area contributed by atoms with Crippen molar-refractivity contribution in [2.24, 2.45) is 4.99 Å². The Balaban J connectivity index is 1.43. The van der Waals surface area contributed by atoms with Crippen LogP contribution in [0, 0.1) is 5.82 Å². The normalized spacial score (nSPS) is 15.9. The molecule has 1 amide bonds. The molecule has 14 heteroatoms. The van der Waals surface area contributed by atoms with Crippen LogP contribution >= 0.6 is 11.8 Å². The third-order valence-corrected chi connectivity index (χ3v) is 7.12. The fourth-order valence-corrected chi connectivity index (χ4v) is 4.61. The number of alkyl halides is 3. The van der Waals surface area contributed by atoms with Gasteiger partial charge in [0.05, 0.1) is 17.7 Å². The van der Waals surface area contributed by atoms with E-state index in [0.717, 1.165) is 29.5 Å². The number of amides is 1. The van der Waals surface area contributed by atoms with Gasteiger partial charge in [-0.15, -0.1) is 0 Å². The van der Waals surface area contributed by atoms with Gasteiger partial charge in [0.2, 0.25) is 0 Å². The highest BCUT2D eigenvalue weighted by molar-refractivity contribution is 8.18. The summed E-state index contributed by atoms with van der Waals surface area (Å²) in [5.74, 6) is 0.119. The van der Waals surface area contributed by atoms with Crippen molar-refractivity contribution in [1.82, 2.24) is 5.32 Å². The largest absolute Gasteiger partial charge is 0.516 e. The molecule has 3 aromatic carbocycles. The maximum Gasteiger partial charge on any atom is 0.516 e. The summed E-state index contributed by atoms with van der Waals surface area (Å²) in [6, 6.07) is 15.8. The van der Waals surface area contributed by atoms with Gasteiger partial charge in [-0.3, -0.25) is 9.52 Å². The maximum atomic E-state index is 13.1. The van der Waals surface area contributed by atoms with Crippen LogP contribution < -0.4 is 19.5 Å². The lowest BCUT2D eigenvalue weighted by molar-refractivity contribution is -0.115. The van der Waals surface area contributed by atoms with Crippen LogP contribution in [-0.2, 0) is 21.4 Å². The zero-order chi connectivity index (χ0) is 28.2. The number of rotatable bonds is 8. The van der Waals surface area contributed by atoms with Crippen molar-refractivity contribution in [3.63, 3.8) is 0 Å².